The van der Waals surface area contributed by atoms with Crippen molar-refractivity contribution in [2.75, 3.05) is 6.61 Å². The average Bonchev–Trinajstić information content (AvgIpc) is 3.18. The summed E-state index contributed by atoms with van der Waals surface area (Å²) in [6, 6.07) is -0.819. The van der Waals surface area contributed by atoms with Crippen LogP contribution < -0.4 is 5.32 Å². The third-order valence-corrected chi connectivity index (χ3v) is 12.6. The third-order valence-electron chi connectivity index (χ3n) is 12.1. The number of nitrogens with one attached hydrogen (secondary N) is 1. The molecule has 0 saturated heterocycles. The van der Waals surface area contributed by atoms with E-state index in [4.69, 9.17) is 4.52 Å². The van der Waals surface area contributed by atoms with Crippen LogP contribution in [-0.4, -0.2) is 39.6 Å². The molecule has 0 fully saturated rings. The van der Waals surface area contributed by atoms with Gasteiger partial charge in [0.2, 0.25) is 5.91 Å². The summed E-state index contributed by atoms with van der Waals surface area (Å²) in [5, 5.41) is 13.6. The average molecular weight is 830 g/mol. The van der Waals surface area contributed by atoms with Crippen molar-refractivity contribution in [2.45, 2.75) is 302 Å². The summed E-state index contributed by atoms with van der Waals surface area (Å²) < 4.78 is 16.0. The highest BCUT2D eigenvalue weighted by Gasteiger charge is 2.25. The molecule has 342 valence electrons. The summed E-state index contributed by atoms with van der Waals surface area (Å²) in [6.45, 7) is 4.16. The second-order valence-electron chi connectivity index (χ2n) is 17.9. The van der Waals surface area contributed by atoms with E-state index in [9.17, 15) is 24.3 Å². The van der Waals surface area contributed by atoms with Gasteiger partial charge in [0.05, 0.1) is 18.8 Å². The van der Waals surface area contributed by atoms with Crippen molar-refractivity contribution in [3.8, 4) is 0 Å². The molecule has 0 spiro atoms. The molecule has 0 aromatic heterocycles. The van der Waals surface area contributed by atoms with Crippen LogP contribution in [0.4, 0.5) is 0 Å². The van der Waals surface area contributed by atoms with Crippen LogP contribution in [0.3, 0.4) is 0 Å². The summed E-state index contributed by atoms with van der Waals surface area (Å²) in [5.74, 6) is -0.186. The molecule has 0 aliphatic carbocycles. The second kappa shape index (κ2) is 45.1. The first-order valence-electron chi connectivity index (χ1n) is 25.5. The Morgan fingerprint density at radius 1 is 0.439 bits per heavy atom. The largest absolute Gasteiger partial charge is 0.469 e. The molecule has 0 radical (unpaired) electrons. The summed E-state index contributed by atoms with van der Waals surface area (Å²) >= 11 is 0. The highest BCUT2D eigenvalue weighted by molar-refractivity contribution is 7.46. The molecule has 0 aromatic carbocycles. The van der Waals surface area contributed by atoms with Gasteiger partial charge in [-0.2, -0.15) is 0 Å². The van der Waals surface area contributed by atoms with E-state index in [2.05, 4.69) is 19.2 Å². The molecule has 0 heterocycles. The predicted molar refractivity (Wildman–Crippen MR) is 246 cm³/mol. The molecular weight excluding hydrogens is 730 g/mol. The molecule has 57 heavy (non-hydrogen) atoms. The summed E-state index contributed by atoms with van der Waals surface area (Å²) in [7, 11) is -4.69. The van der Waals surface area contributed by atoms with Gasteiger partial charge >= 0.3 is 7.82 Å². The van der Waals surface area contributed by atoms with Gasteiger partial charge in [-0.05, 0) is 12.8 Å². The Morgan fingerprint density at radius 3 is 0.947 bits per heavy atom. The Balaban J connectivity index is 3.71. The van der Waals surface area contributed by atoms with Gasteiger partial charge in [0, 0.05) is 6.42 Å². The number of phosphoric ester groups is 1. The van der Waals surface area contributed by atoms with Gasteiger partial charge in [0.15, 0.2) is 0 Å². The highest BCUT2D eigenvalue weighted by Crippen LogP contribution is 2.36. The van der Waals surface area contributed by atoms with Gasteiger partial charge in [-0.3, -0.25) is 9.32 Å². The third kappa shape index (κ3) is 46.5. The molecule has 0 unspecified atom stereocenters. The van der Waals surface area contributed by atoms with E-state index in [1.807, 2.05) is 0 Å². The normalized spacial score (nSPS) is 13.0. The number of carbonyl (C=O) groups is 1. The summed E-state index contributed by atoms with van der Waals surface area (Å²) in [6.07, 6.45) is 54.0. The van der Waals surface area contributed by atoms with Crippen molar-refractivity contribution in [1.29, 1.82) is 0 Å². The maximum atomic E-state index is 12.7. The molecule has 4 N–H and O–H groups in total. The Hall–Kier alpha value is -0.460. The lowest BCUT2D eigenvalue weighted by atomic mass is 10.0. The van der Waals surface area contributed by atoms with E-state index >= 15 is 0 Å². The van der Waals surface area contributed by atoms with Crippen molar-refractivity contribution >= 4 is 13.7 Å². The minimum absolute atomic E-state index is 0.186. The molecule has 0 rings (SSSR count). The molecule has 0 aliphatic heterocycles. The standard InChI is InChI=1S/C49H100NO6P/c1-3-5-7-9-11-13-15-17-19-20-21-22-23-24-25-26-27-28-29-31-33-35-37-39-41-43-45-49(52)50-47(46-56-57(53,54)55)48(51)44-42-40-38-36-34-32-30-18-16-14-12-10-8-6-4-2/h47-48,51H,3-46H2,1-2H3,(H,50,52)(H2,53,54,55)/t47-,48+/m0/s1. The number of hydrogen-bond donors (Lipinski definition) is 4. The lowest BCUT2D eigenvalue weighted by Crippen LogP contribution is -2.46. The summed E-state index contributed by atoms with van der Waals surface area (Å²) in [4.78, 5) is 31.1. The molecular formula is C49H100NO6P. The maximum absolute atomic E-state index is 12.7. The number of carbonyl (C=O) groups excluding carboxylic acids is 1. The number of aliphatic hydroxyl groups excluding tert-OH is 1. The SMILES string of the molecule is CCCCCCCCCCCCCCCCCCCCCCCCCCCCC(=O)N[C@@H](COP(=O)(O)O)[C@H](O)CCCCCCCCCCCCCCCCC. The molecule has 2 atom stereocenters. The predicted octanol–water partition coefficient (Wildman–Crippen LogP) is 15.8. The zero-order valence-electron chi connectivity index (χ0n) is 38.3. The van der Waals surface area contributed by atoms with Crippen molar-refractivity contribution in [3.63, 3.8) is 0 Å². The van der Waals surface area contributed by atoms with Gasteiger partial charge in [-0.25, -0.2) is 4.57 Å². The number of hydrogen-bond acceptors (Lipinski definition) is 4. The van der Waals surface area contributed by atoms with Gasteiger partial charge in [0.25, 0.3) is 0 Å². The zero-order chi connectivity index (χ0) is 41.8. The van der Waals surface area contributed by atoms with E-state index in [1.54, 1.807) is 0 Å². The number of aliphatic hydroxyl groups is 1. The van der Waals surface area contributed by atoms with Crippen molar-refractivity contribution < 1.29 is 28.8 Å². The Bertz CT molecular complexity index is 854. The number of rotatable bonds is 48. The fourth-order valence-electron chi connectivity index (χ4n) is 8.23. The fourth-order valence-corrected chi connectivity index (χ4v) is 8.59. The lowest BCUT2D eigenvalue weighted by Gasteiger charge is -2.24. The number of phosphoric acid groups is 1. The van der Waals surface area contributed by atoms with Crippen molar-refractivity contribution in [2.24, 2.45) is 0 Å². The van der Waals surface area contributed by atoms with Gasteiger partial charge in [-0.1, -0.05) is 271 Å². The smallest absolute Gasteiger partial charge is 0.391 e. The van der Waals surface area contributed by atoms with Crippen LogP contribution in [0.5, 0.6) is 0 Å². The Labute approximate surface area is 355 Å². The van der Waals surface area contributed by atoms with Crippen LogP contribution in [0.2, 0.25) is 0 Å². The van der Waals surface area contributed by atoms with Gasteiger partial charge in [-0.15, -0.1) is 0 Å². The number of amides is 1. The van der Waals surface area contributed by atoms with Crippen LogP contribution in [0.15, 0.2) is 0 Å². The molecule has 0 aliphatic rings. The first kappa shape index (κ1) is 56.5. The highest BCUT2D eigenvalue weighted by atomic mass is 31.2. The van der Waals surface area contributed by atoms with E-state index in [0.29, 0.717) is 12.8 Å². The first-order valence-corrected chi connectivity index (χ1v) is 27.0. The van der Waals surface area contributed by atoms with Gasteiger partial charge in [0.1, 0.15) is 0 Å². The quantitative estimate of drug-likeness (QED) is 0.0358. The Kier molecular flexibility index (Phi) is 44.7. The molecule has 7 nitrogen and oxygen atoms in total. The molecule has 8 heteroatoms. The van der Waals surface area contributed by atoms with E-state index in [1.165, 1.54) is 225 Å². The monoisotopic (exact) mass is 830 g/mol. The van der Waals surface area contributed by atoms with E-state index in [-0.39, 0.29) is 5.91 Å². The van der Waals surface area contributed by atoms with Crippen LogP contribution in [-0.2, 0) is 13.9 Å². The molecule has 0 bridgehead atoms. The van der Waals surface area contributed by atoms with Crippen molar-refractivity contribution in [3.05, 3.63) is 0 Å². The van der Waals surface area contributed by atoms with Crippen molar-refractivity contribution in [1.82, 2.24) is 5.32 Å². The summed E-state index contributed by atoms with van der Waals surface area (Å²) in [5.41, 5.74) is 0. The van der Waals surface area contributed by atoms with Gasteiger partial charge < -0.3 is 20.2 Å². The van der Waals surface area contributed by atoms with E-state index < -0.39 is 26.6 Å². The maximum Gasteiger partial charge on any atom is 0.469 e. The second-order valence-corrected chi connectivity index (χ2v) is 19.1. The Morgan fingerprint density at radius 2 is 0.684 bits per heavy atom. The van der Waals surface area contributed by atoms with Crippen LogP contribution in [0.1, 0.15) is 290 Å². The molecule has 0 saturated carbocycles. The zero-order valence-corrected chi connectivity index (χ0v) is 39.2. The topological polar surface area (TPSA) is 116 Å². The fraction of sp³-hybridized carbons (Fsp3) is 0.980. The molecule has 1 amide bonds. The molecule has 0 aromatic rings. The van der Waals surface area contributed by atoms with Crippen LogP contribution >= 0.6 is 7.82 Å². The van der Waals surface area contributed by atoms with Crippen LogP contribution in [0.25, 0.3) is 0 Å². The minimum atomic E-state index is -4.69. The minimum Gasteiger partial charge on any atom is -0.391 e. The number of unbranched alkanes of at least 4 members (excludes halogenated alkanes) is 39. The van der Waals surface area contributed by atoms with E-state index in [0.717, 1.165) is 38.5 Å². The van der Waals surface area contributed by atoms with Crippen LogP contribution in [0, 0.1) is 0 Å². The lowest BCUT2D eigenvalue weighted by molar-refractivity contribution is -0.123. The first-order chi connectivity index (χ1) is 27.8.